The molecule has 1 aromatic carbocycles. The zero-order chi connectivity index (χ0) is 14.0. The third kappa shape index (κ3) is 2.79. The molecule has 1 aromatic rings. The van der Waals surface area contributed by atoms with E-state index in [4.69, 9.17) is 0 Å². The Morgan fingerprint density at radius 3 is 2.63 bits per heavy atom. The molecule has 1 heterocycles. The Kier molecular flexibility index (Phi) is 3.62. The Balaban J connectivity index is 2.21. The molecule has 6 nitrogen and oxygen atoms in total. The van der Waals surface area contributed by atoms with Gasteiger partial charge in [0.15, 0.2) is 0 Å². The van der Waals surface area contributed by atoms with E-state index in [0.717, 1.165) is 24.2 Å². The number of carbonyl (C=O) groups is 1. The van der Waals surface area contributed by atoms with Crippen LogP contribution in [-0.2, 0) is 4.79 Å². The lowest BCUT2D eigenvalue weighted by Gasteiger charge is -2.21. The minimum absolute atomic E-state index is 0.0310. The van der Waals surface area contributed by atoms with Crippen molar-refractivity contribution in [3.05, 3.63) is 45.0 Å². The van der Waals surface area contributed by atoms with E-state index in [9.17, 15) is 14.9 Å². The van der Waals surface area contributed by atoms with Gasteiger partial charge in [-0.1, -0.05) is 6.07 Å². The summed E-state index contributed by atoms with van der Waals surface area (Å²) in [7, 11) is 0. The smallest absolute Gasteiger partial charge is 0.271 e. The Morgan fingerprint density at radius 2 is 2.11 bits per heavy atom. The lowest BCUT2D eigenvalue weighted by atomic mass is 10.0. The molecule has 1 aliphatic rings. The molecule has 1 fully saturated rings. The van der Waals surface area contributed by atoms with Gasteiger partial charge in [-0.25, -0.2) is 0 Å². The normalized spacial score (nSPS) is 13.7. The molecule has 1 saturated heterocycles. The van der Waals surface area contributed by atoms with Crippen molar-refractivity contribution in [1.82, 2.24) is 5.32 Å². The maximum Gasteiger partial charge on any atom is 0.271 e. The number of anilines is 1. The van der Waals surface area contributed by atoms with Gasteiger partial charge >= 0.3 is 0 Å². The lowest BCUT2D eigenvalue weighted by Crippen LogP contribution is -2.36. The third-order valence-electron chi connectivity index (χ3n) is 3.23. The van der Waals surface area contributed by atoms with E-state index < -0.39 is 4.92 Å². The molecule has 0 radical (unpaired) electrons. The number of benzene rings is 1. The molecule has 0 aliphatic carbocycles. The number of hydrogen-bond donors (Lipinski definition) is 2. The van der Waals surface area contributed by atoms with E-state index >= 15 is 0 Å². The van der Waals surface area contributed by atoms with Crippen molar-refractivity contribution in [3.8, 4) is 0 Å². The van der Waals surface area contributed by atoms with E-state index in [1.165, 1.54) is 12.1 Å². The van der Waals surface area contributed by atoms with Crippen LogP contribution in [0.2, 0.25) is 0 Å². The second kappa shape index (κ2) is 5.19. The van der Waals surface area contributed by atoms with Crippen LogP contribution in [0.3, 0.4) is 0 Å². The van der Waals surface area contributed by atoms with Crippen molar-refractivity contribution in [1.29, 1.82) is 0 Å². The van der Waals surface area contributed by atoms with Crippen LogP contribution in [0.15, 0.2) is 29.3 Å². The van der Waals surface area contributed by atoms with Crippen LogP contribution in [0.5, 0.6) is 0 Å². The summed E-state index contributed by atoms with van der Waals surface area (Å²) in [6.07, 6.45) is 0. The summed E-state index contributed by atoms with van der Waals surface area (Å²) in [5.74, 6) is -0.208. The number of nitro groups is 1. The Bertz CT molecular complexity index is 572. The molecule has 1 amide bonds. The predicted molar refractivity (Wildman–Crippen MR) is 72.0 cm³/mol. The molecule has 100 valence electrons. The second-order valence-electron chi connectivity index (χ2n) is 4.54. The van der Waals surface area contributed by atoms with Gasteiger partial charge in [-0.15, -0.1) is 0 Å². The molecule has 1 aliphatic heterocycles. The highest BCUT2D eigenvalue weighted by Crippen LogP contribution is 2.22. The number of rotatable bonds is 3. The summed E-state index contributed by atoms with van der Waals surface area (Å²) in [6, 6.07) is 4.43. The van der Waals surface area contributed by atoms with Gasteiger partial charge in [-0.3, -0.25) is 14.9 Å². The van der Waals surface area contributed by atoms with Crippen LogP contribution < -0.4 is 10.6 Å². The first-order valence-electron chi connectivity index (χ1n) is 5.95. The predicted octanol–water partition coefficient (Wildman–Crippen LogP) is 1.76. The summed E-state index contributed by atoms with van der Waals surface area (Å²) < 4.78 is 0. The van der Waals surface area contributed by atoms with Crippen molar-refractivity contribution < 1.29 is 9.72 Å². The summed E-state index contributed by atoms with van der Waals surface area (Å²) in [5.41, 5.74) is 2.98. The second-order valence-corrected chi connectivity index (χ2v) is 4.54. The summed E-state index contributed by atoms with van der Waals surface area (Å²) in [6.45, 7) is 5.02. The van der Waals surface area contributed by atoms with E-state index in [1.54, 1.807) is 19.9 Å². The van der Waals surface area contributed by atoms with Gasteiger partial charge in [0.1, 0.15) is 0 Å². The van der Waals surface area contributed by atoms with Gasteiger partial charge in [0.25, 0.3) is 11.6 Å². The molecule has 0 bridgehead atoms. The van der Waals surface area contributed by atoms with Crippen LogP contribution in [0.1, 0.15) is 12.5 Å². The molecule has 0 atom stereocenters. The van der Waals surface area contributed by atoms with Crippen molar-refractivity contribution in [2.45, 2.75) is 13.8 Å². The number of carbonyl (C=O) groups excluding carboxylic acids is 1. The summed E-state index contributed by atoms with van der Waals surface area (Å²) in [4.78, 5) is 22.3. The Morgan fingerprint density at radius 1 is 1.42 bits per heavy atom. The Hall–Kier alpha value is -2.21. The van der Waals surface area contributed by atoms with Gasteiger partial charge < -0.3 is 10.6 Å². The molecular formula is C13H15N3O3. The highest BCUT2D eigenvalue weighted by atomic mass is 16.6. The maximum absolute atomic E-state index is 12.0. The minimum Gasteiger partial charge on any atom is -0.322 e. The topological polar surface area (TPSA) is 84.3 Å². The maximum atomic E-state index is 12.0. The van der Waals surface area contributed by atoms with Crippen molar-refractivity contribution >= 4 is 17.3 Å². The molecule has 0 aromatic heterocycles. The molecule has 2 N–H and O–H groups in total. The quantitative estimate of drug-likeness (QED) is 0.493. The van der Waals surface area contributed by atoms with Gasteiger partial charge in [0.05, 0.1) is 10.6 Å². The highest BCUT2D eigenvalue weighted by Gasteiger charge is 2.17. The first kappa shape index (κ1) is 13.2. The van der Waals surface area contributed by atoms with Crippen LogP contribution in [0.4, 0.5) is 11.4 Å². The first-order valence-corrected chi connectivity index (χ1v) is 5.95. The average Bonchev–Trinajstić information content (AvgIpc) is 2.29. The van der Waals surface area contributed by atoms with E-state index in [-0.39, 0.29) is 11.6 Å². The average molecular weight is 261 g/mol. The molecule has 0 saturated carbocycles. The standard InChI is InChI=1S/C13H15N3O3/c1-8-3-4-11(16(18)19)5-12(8)15-13(17)9(2)10-6-14-7-10/h3-5,14H,6-7H2,1-2H3,(H,15,17). The highest BCUT2D eigenvalue weighted by molar-refractivity contribution is 6.04. The van der Waals surface area contributed by atoms with Crippen molar-refractivity contribution in [2.75, 3.05) is 18.4 Å². The number of nitrogens with one attached hydrogen (secondary N) is 2. The molecule has 6 heteroatoms. The number of non-ortho nitro benzene ring substituents is 1. The van der Waals surface area contributed by atoms with Gasteiger partial charge in [0.2, 0.25) is 0 Å². The number of nitro benzene ring substituents is 1. The third-order valence-corrected chi connectivity index (χ3v) is 3.23. The molecule has 19 heavy (non-hydrogen) atoms. The largest absolute Gasteiger partial charge is 0.322 e. The zero-order valence-electron chi connectivity index (χ0n) is 10.8. The fourth-order valence-corrected chi connectivity index (χ4v) is 1.75. The molecule has 2 rings (SSSR count). The summed E-state index contributed by atoms with van der Waals surface area (Å²) in [5, 5.41) is 16.5. The minimum atomic E-state index is -0.476. The monoisotopic (exact) mass is 261 g/mol. The SMILES string of the molecule is CC(C(=O)Nc1cc([N+](=O)[O-])ccc1C)=C1CNC1. The number of amides is 1. The van der Waals surface area contributed by atoms with Crippen LogP contribution in [-0.4, -0.2) is 23.9 Å². The van der Waals surface area contributed by atoms with Crippen LogP contribution >= 0.6 is 0 Å². The van der Waals surface area contributed by atoms with E-state index in [0.29, 0.717) is 11.3 Å². The van der Waals surface area contributed by atoms with Crippen LogP contribution in [0, 0.1) is 17.0 Å². The van der Waals surface area contributed by atoms with Crippen molar-refractivity contribution in [3.63, 3.8) is 0 Å². The Labute approximate surface area is 110 Å². The first-order chi connectivity index (χ1) is 8.99. The number of nitrogens with zero attached hydrogens (tertiary/aromatic N) is 1. The fraction of sp³-hybridized carbons (Fsp3) is 0.308. The van der Waals surface area contributed by atoms with Gasteiger partial charge in [-0.05, 0) is 25.0 Å². The van der Waals surface area contributed by atoms with Crippen LogP contribution in [0.25, 0.3) is 0 Å². The molecule has 0 unspecified atom stereocenters. The fourth-order valence-electron chi connectivity index (χ4n) is 1.75. The molecular weight excluding hydrogens is 246 g/mol. The lowest BCUT2D eigenvalue weighted by molar-refractivity contribution is -0.384. The number of aryl methyl sites for hydroxylation is 1. The van der Waals surface area contributed by atoms with Gasteiger partial charge in [0, 0.05) is 30.8 Å². The zero-order valence-corrected chi connectivity index (χ0v) is 10.8. The number of hydrogen-bond acceptors (Lipinski definition) is 4. The molecule has 0 spiro atoms. The summed E-state index contributed by atoms with van der Waals surface area (Å²) >= 11 is 0. The van der Waals surface area contributed by atoms with E-state index in [1.807, 2.05) is 0 Å². The van der Waals surface area contributed by atoms with Gasteiger partial charge in [-0.2, -0.15) is 0 Å². The van der Waals surface area contributed by atoms with E-state index in [2.05, 4.69) is 10.6 Å². The van der Waals surface area contributed by atoms with Crippen molar-refractivity contribution in [2.24, 2.45) is 0 Å².